The average Bonchev–Trinajstić information content (AvgIpc) is 1.69. The monoisotopic (exact) mass is 1940 g/mol. The topological polar surface area (TPSA) is 276 Å². The highest BCUT2D eigenvalue weighted by molar-refractivity contribution is 6.32. The highest BCUT2D eigenvalue weighted by Crippen LogP contribution is 2.46. The van der Waals surface area contributed by atoms with Gasteiger partial charge >= 0.3 is 24.4 Å². The molecular formula is C105H114Cl5N11O15. The molecule has 6 atom stereocenters. The molecule has 5 N–H and O–H groups in total. The van der Waals surface area contributed by atoms with Gasteiger partial charge in [0, 0.05) is 143 Å². The van der Waals surface area contributed by atoms with Crippen LogP contribution < -0.4 is 24.3 Å². The molecule has 6 unspecified atom stereocenters. The molecule has 0 spiro atoms. The number of nitrogens with one attached hydrogen (secondary N) is 5. The number of fused-ring (bicyclic) bond motifs is 12. The number of ether oxygens (including phenoxy) is 10. The first-order chi connectivity index (χ1) is 65.6. The Morgan fingerprint density at radius 1 is 0.434 bits per heavy atom. The van der Waals surface area contributed by atoms with Crippen molar-refractivity contribution in [1.82, 2.24) is 54.7 Å². The second-order valence-electron chi connectivity index (χ2n) is 35.6. The fourth-order valence-electron chi connectivity index (χ4n) is 18.3. The van der Waals surface area contributed by atoms with Crippen molar-refractivity contribution in [3.05, 3.63) is 292 Å². The lowest BCUT2D eigenvalue weighted by Crippen LogP contribution is -2.42. The Morgan fingerprint density at radius 2 is 0.772 bits per heavy atom. The van der Waals surface area contributed by atoms with Crippen LogP contribution in [0.2, 0.25) is 25.1 Å². The Balaban J connectivity index is 0.000000132. The van der Waals surface area contributed by atoms with Crippen molar-refractivity contribution in [2.24, 2.45) is 0 Å². The molecule has 4 aromatic heterocycles. The van der Waals surface area contributed by atoms with E-state index in [9.17, 15) is 24.0 Å². The van der Waals surface area contributed by atoms with Crippen LogP contribution in [0.25, 0.3) is 43.6 Å². The van der Waals surface area contributed by atoms with Crippen LogP contribution in [0.5, 0.6) is 23.0 Å². The number of amides is 5. The number of benzene rings is 9. The lowest BCUT2D eigenvalue weighted by atomic mass is 9.92. The molecule has 6 aliphatic heterocycles. The summed E-state index contributed by atoms with van der Waals surface area (Å²) in [5.74, 6) is 2.04. The molecule has 9 aromatic carbocycles. The van der Waals surface area contributed by atoms with E-state index >= 15 is 0 Å². The quantitative estimate of drug-likeness (QED) is 0.0214. The van der Waals surface area contributed by atoms with E-state index in [-0.39, 0.29) is 66.7 Å². The molecule has 2 fully saturated rings. The minimum atomic E-state index is -0.630. The smallest absolute Gasteiger partial charge is 0.416 e. The zero-order valence-corrected chi connectivity index (χ0v) is 81.6. The Morgan fingerprint density at radius 3 is 1.11 bits per heavy atom. The molecule has 26 nitrogen and oxygen atoms in total. The average molecular weight is 1950 g/mol. The van der Waals surface area contributed by atoms with E-state index in [0.717, 1.165) is 162 Å². The number of H-pyrrole nitrogens is 4. The van der Waals surface area contributed by atoms with Gasteiger partial charge in [0.05, 0.1) is 45.7 Å². The maximum atomic E-state index is 13.4. The molecule has 13 aromatic rings. The molecule has 6 aliphatic rings. The van der Waals surface area contributed by atoms with Gasteiger partial charge in [-0.25, -0.2) is 19.2 Å². The summed E-state index contributed by atoms with van der Waals surface area (Å²) in [4.78, 5) is 90.3. The molecule has 136 heavy (non-hydrogen) atoms. The summed E-state index contributed by atoms with van der Waals surface area (Å²) < 4.78 is 56.2. The van der Waals surface area contributed by atoms with Gasteiger partial charge in [0.25, 0.3) is 5.91 Å². The Hall–Kier alpha value is -11.7. The second kappa shape index (κ2) is 43.8. The minimum Gasteiger partial charge on any atom is -0.494 e. The zero-order valence-electron chi connectivity index (χ0n) is 77.9. The molecule has 0 saturated carbocycles. The number of aromatic amines is 4. The van der Waals surface area contributed by atoms with Gasteiger partial charge in [-0.3, -0.25) is 24.4 Å². The minimum absolute atomic E-state index is 0.181. The molecule has 714 valence electrons. The maximum Gasteiger partial charge on any atom is 0.416 e. The largest absolute Gasteiger partial charge is 0.494 e. The standard InChI is InChI=1S/C27H22Cl2N2O4.C27H30ClN3O5.C26H32ClN3O3.C25H30ClN3O3/c28-17-3-8-20(9-4-17)35-27(32)31-12-11-22-23-13-18(29)5-10-24(23)30-25(22)26(31)16-1-6-19(7-2-16)33-14-21-15-34-21;1-4-34-26(33)31-12-11-20-21-13-18(28)9-10-22(21)30-23(20)24(31)16-5-7-17(8-6-16)25(32)29-14-19-15-35-27(2,3)36-19;1-17(2)33-26(31)30-14-12-21-22-16-19(27)8-11-23(22)28-24(21)25(30)18-6-9-20(10-7-18)32-15-5-13-29(3)4;1-4-31-25(30)29-14-12-20-21-16-18(26)8-11-22(21)27-23(20)24(29)17-6-9-19(10-7-17)32-15-5-13-28(2)3/h1-10,13,21,26,30H,11-12,14-15H2;5-10,13,19,24,30H,4,11-12,14-15H2,1-3H3,(H,29,32);6-11,16-17,25,28H,5,12-15H2,1-4H3;6-11,16,24,27H,4-5,12-15H2,1-3H3. The molecule has 0 radical (unpaired) electrons. The van der Waals surface area contributed by atoms with Crippen molar-refractivity contribution in [2.45, 2.75) is 128 Å². The van der Waals surface area contributed by atoms with Crippen LogP contribution in [0.4, 0.5) is 19.2 Å². The van der Waals surface area contributed by atoms with Crippen LogP contribution in [-0.2, 0) is 54.1 Å². The second-order valence-corrected chi connectivity index (χ2v) is 37.8. The van der Waals surface area contributed by atoms with Gasteiger partial charge < -0.3 is 82.4 Å². The molecule has 31 heteroatoms. The van der Waals surface area contributed by atoms with Crippen molar-refractivity contribution in [2.75, 3.05) is 120 Å². The summed E-state index contributed by atoms with van der Waals surface area (Å²) >= 11 is 31.1. The van der Waals surface area contributed by atoms with E-state index in [4.69, 9.17) is 105 Å². The third kappa shape index (κ3) is 23.3. The molecular weight excluding hydrogens is 1830 g/mol. The molecule has 0 bridgehead atoms. The summed E-state index contributed by atoms with van der Waals surface area (Å²) in [6.07, 6.45) is 3.22. The summed E-state index contributed by atoms with van der Waals surface area (Å²) in [6, 6.07) is 60.0. The predicted molar refractivity (Wildman–Crippen MR) is 531 cm³/mol. The first-order valence-electron chi connectivity index (χ1n) is 46.2. The summed E-state index contributed by atoms with van der Waals surface area (Å²) in [5, 5.41) is 10.6. The number of carbonyl (C=O) groups is 5. The number of hydrogen-bond acceptors (Lipinski definition) is 17. The van der Waals surface area contributed by atoms with Crippen molar-refractivity contribution in [3.63, 3.8) is 0 Å². The number of nitrogens with zero attached hydrogens (tertiary/aromatic N) is 6. The molecule has 19 rings (SSSR count). The van der Waals surface area contributed by atoms with Gasteiger partial charge in [0.2, 0.25) is 0 Å². The fraction of sp³-hybridized carbons (Fsp3) is 0.362. The van der Waals surface area contributed by atoms with Crippen LogP contribution in [0.3, 0.4) is 0 Å². The lowest BCUT2D eigenvalue weighted by molar-refractivity contribution is -0.137. The van der Waals surface area contributed by atoms with Crippen LogP contribution in [0.1, 0.15) is 156 Å². The molecule has 10 heterocycles. The molecule has 2 saturated heterocycles. The van der Waals surface area contributed by atoms with E-state index in [0.29, 0.717) is 122 Å². The highest BCUT2D eigenvalue weighted by Gasteiger charge is 2.42. The summed E-state index contributed by atoms with van der Waals surface area (Å²) in [5.41, 5.74) is 17.0. The molecule has 0 aliphatic carbocycles. The van der Waals surface area contributed by atoms with Crippen LogP contribution in [0.15, 0.2) is 194 Å². The first kappa shape index (κ1) is 97.4. The predicted octanol–water partition coefficient (Wildman–Crippen LogP) is 22.1. The normalized spacial score (nSPS) is 17.9. The van der Waals surface area contributed by atoms with E-state index in [1.54, 1.807) is 58.0 Å². The van der Waals surface area contributed by atoms with Crippen molar-refractivity contribution >= 4 is 132 Å². The van der Waals surface area contributed by atoms with E-state index in [2.05, 4.69) is 63.2 Å². The Labute approximate surface area is 816 Å². The van der Waals surface area contributed by atoms with Crippen LogP contribution in [0, 0.1) is 0 Å². The first-order valence-corrected chi connectivity index (χ1v) is 48.1. The van der Waals surface area contributed by atoms with Gasteiger partial charge in [0.1, 0.15) is 66.0 Å². The number of hydrogen-bond donors (Lipinski definition) is 5. The lowest BCUT2D eigenvalue weighted by Gasteiger charge is -2.36. The van der Waals surface area contributed by atoms with Gasteiger partial charge in [-0.05, 0) is 298 Å². The van der Waals surface area contributed by atoms with Crippen molar-refractivity contribution in [1.29, 1.82) is 0 Å². The summed E-state index contributed by atoms with van der Waals surface area (Å²) in [6.45, 7) is 19.3. The summed E-state index contributed by atoms with van der Waals surface area (Å²) in [7, 11) is 8.23. The highest BCUT2D eigenvalue weighted by atomic mass is 35.5. The van der Waals surface area contributed by atoms with E-state index in [1.165, 1.54) is 11.1 Å². The van der Waals surface area contributed by atoms with Crippen LogP contribution >= 0.6 is 58.0 Å². The van der Waals surface area contributed by atoms with Crippen LogP contribution in [-0.4, -0.2) is 224 Å². The van der Waals surface area contributed by atoms with Gasteiger partial charge in [-0.2, -0.15) is 0 Å². The number of rotatable bonds is 24. The fourth-order valence-corrected chi connectivity index (χ4v) is 19.1. The van der Waals surface area contributed by atoms with Gasteiger partial charge in [-0.15, -0.1) is 0 Å². The Kier molecular flexibility index (Phi) is 31.4. The SMILES string of the molecule is CC(C)OC(=O)N1CCc2c([nH]c3ccc(Cl)cc23)C1c1ccc(OCCCN(C)C)cc1.CCOC(=O)N1CCc2c([nH]c3ccc(Cl)cc23)C1c1ccc(C(=O)NCC2COC(C)(C)O2)cc1.CCOC(=O)N1CCc2c([nH]c3ccc(Cl)cc23)C1c1ccc(OCCCN(C)C)cc1.O=C(Oc1ccc(Cl)cc1)N1CCc2c([nH]c3ccc(Cl)cc23)C1c1ccc(OCC2CO2)cc1. The maximum absolute atomic E-state index is 13.4. The number of halogens is 5. The van der Waals surface area contributed by atoms with Crippen molar-refractivity contribution < 1.29 is 71.3 Å². The zero-order chi connectivity index (χ0) is 95.6. The molecule has 5 amide bonds. The van der Waals surface area contributed by atoms with Gasteiger partial charge in [0.15, 0.2) is 5.79 Å². The van der Waals surface area contributed by atoms with E-state index < -0.39 is 11.9 Å². The number of aromatic nitrogens is 4. The van der Waals surface area contributed by atoms with Gasteiger partial charge in [-0.1, -0.05) is 107 Å². The third-order valence-corrected chi connectivity index (χ3v) is 25.9. The van der Waals surface area contributed by atoms with E-state index in [1.807, 2.05) is 197 Å². The van der Waals surface area contributed by atoms with Crippen molar-refractivity contribution in [3.8, 4) is 23.0 Å². The Bertz CT molecular complexity index is 6380. The number of epoxide rings is 1. The number of carbonyl (C=O) groups excluding carboxylic acids is 5. The third-order valence-electron chi connectivity index (χ3n) is 24.7.